The molecule has 2 rings (SSSR count). The second-order valence-electron chi connectivity index (χ2n) is 7.15. The summed E-state index contributed by atoms with van der Waals surface area (Å²) in [4.78, 5) is 17.3. The van der Waals surface area contributed by atoms with Crippen molar-refractivity contribution >= 4 is 15.9 Å². The van der Waals surface area contributed by atoms with Crippen LogP contribution in [-0.2, 0) is 21.4 Å². The Labute approximate surface area is 154 Å². The molecule has 0 saturated carbocycles. The lowest BCUT2D eigenvalue weighted by atomic mass is 10.1. The van der Waals surface area contributed by atoms with Gasteiger partial charge in [-0.05, 0) is 24.5 Å². The van der Waals surface area contributed by atoms with E-state index in [1.807, 2.05) is 26.0 Å². The summed E-state index contributed by atoms with van der Waals surface area (Å²) in [6.45, 7) is 4.25. The van der Waals surface area contributed by atoms with Crippen LogP contribution in [0.25, 0.3) is 0 Å². The quantitative estimate of drug-likeness (QED) is 0.715. The number of rotatable bonds is 8. The van der Waals surface area contributed by atoms with E-state index < -0.39 is 22.1 Å². The Bertz CT molecular complexity index is 741. The molecule has 0 aromatic carbocycles. The zero-order chi connectivity index (χ0) is 19.5. The van der Waals surface area contributed by atoms with E-state index in [1.54, 1.807) is 11.0 Å². The van der Waals surface area contributed by atoms with Crippen molar-refractivity contribution in [1.82, 2.24) is 14.2 Å². The lowest BCUT2D eigenvalue weighted by molar-refractivity contribution is -0.119. The van der Waals surface area contributed by atoms with Gasteiger partial charge in [-0.3, -0.25) is 14.7 Å². The molecule has 1 aromatic rings. The van der Waals surface area contributed by atoms with Crippen molar-refractivity contribution in [2.24, 2.45) is 5.73 Å². The first-order chi connectivity index (χ1) is 12.1. The first-order valence-electron chi connectivity index (χ1n) is 8.63. The minimum atomic E-state index is -3.53. The van der Waals surface area contributed by atoms with Crippen LogP contribution in [0.5, 0.6) is 0 Å². The number of primary amides is 1. The average Bonchev–Trinajstić information content (AvgIpc) is 2.84. The van der Waals surface area contributed by atoms with E-state index in [0.29, 0.717) is 5.69 Å². The van der Waals surface area contributed by atoms with Gasteiger partial charge in [0.1, 0.15) is 6.17 Å². The summed E-state index contributed by atoms with van der Waals surface area (Å²) in [7, 11) is -3.53. The number of nitrogens with zero attached hydrogens (tertiary/aromatic N) is 3. The molecular formula is C17H27FN4O3S. The second-order valence-corrected chi connectivity index (χ2v) is 9.13. The number of aromatic nitrogens is 1. The van der Waals surface area contributed by atoms with Crippen LogP contribution in [0.3, 0.4) is 0 Å². The van der Waals surface area contributed by atoms with Crippen molar-refractivity contribution in [3.63, 3.8) is 0 Å². The fourth-order valence-corrected chi connectivity index (χ4v) is 3.96. The average molecular weight is 386 g/mol. The molecular weight excluding hydrogens is 359 g/mol. The highest BCUT2D eigenvalue weighted by atomic mass is 32.2. The number of likely N-dealkylation sites (tertiary alicyclic amines) is 1. The lowest BCUT2D eigenvalue weighted by Crippen LogP contribution is -2.45. The summed E-state index contributed by atoms with van der Waals surface area (Å²) in [5.74, 6) is -0.323. The number of alkyl halides is 1. The smallest absolute Gasteiger partial charge is 0.231 e. The van der Waals surface area contributed by atoms with Crippen LogP contribution in [0.2, 0.25) is 0 Å². The molecule has 2 N–H and O–H groups in total. The van der Waals surface area contributed by atoms with Gasteiger partial charge >= 0.3 is 0 Å². The summed E-state index contributed by atoms with van der Waals surface area (Å²) < 4.78 is 39.6. The van der Waals surface area contributed by atoms with Crippen LogP contribution < -0.4 is 5.73 Å². The molecule has 0 bridgehead atoms. The van der Waals surface area contributed by atoms with Gasteiger partial charge in [-0.25, -0.2) is 12.8 Å². The van der Waals surface area contributed by atoms with Crippen molar-refractivity contribution in [1.29, 1.82) is 0 Å². The number of pyridine rings is 1. The third-order valence-corrected chi connectivity index (χ3v) is 5.69. The fraction of sp³-hybridized carbons (Fsp3) is 0.647. The number of sulfonamides is 1. The Morgan fingerprint density at radius 2 is 2.15 bits per heavy atom. The van der Waals surface area contributed by atoms with Crippen molar-refractivity contribution in [3.8, 4) is 0 Å². The highest BCUT2D eigenvalue weighted by Crippen LogP contribution is 2.23. The topological polar surface area (TPSA) is 96.6 Å². The summed E-state index contributed by atoms with van der Waals surface area (Å²) in [5, 5.41) is 0. The molecule has 0 unspecified atom stereocenters. The molecule has 0 aliphatic carbocycles. The van der Waals surface area contributed by atoms with Gasteiger partial charge in [0.05, 0.1) is 25.0 Å². The number of nitrogens with two attached hydrogens (primary N) is 1. The molecule has 7 nitrogen and oxygen atoms in total. The molecule has 9 heteroatoms. The van der Waals surface area contributed by atoms with E-state index in [9.17, 15) is 17.6 Å². The van der Waals surface area contributed by atoms with Crippen LogP contribution in [0.15, 0.2) is 18.2 Å². The van der Waals surface area contributed by atoms with Gasteiger partial charge in [0.25, 0.3) is 0 Å². The van der Waals surface area contributed by atoms with Crippen LogP contribution in [-0.4, -0.2) is 66.6 Å². The number of carbonyl (C=O) groups excluding carboxylic acids is 1. The van der Waals surface area contributed by atoms with Gasteiger partial charge in [-0.2, -0.15) is 4.31 Å². The highest BCUT2D eigenvalue weighted by molar-refractivity contribution is 7.88. The first-order valence-corrected chi connectivity index (χ1v) is 10.5. The zero-order valence-electron chi connectivity index (χ0n) is 15.4. The normalized spacial score (nSPS) is 21.6. The predicted octanol–water partition coefficient (Wildman–Crippen LogP) is 0.864. The maximum absolute atomic E-state index is 13.8. The van der Waals surface area contributed by atoms with E-state index in [-0.39, 0.29) is 44.6 Å². The van der Waals surface area contributed by atoms with Crippen LogP contribution in [0, 0.1) is 0 Å². The summed E-state index contributed by atoms with van der Waals surface area (Å²) >= 11 is 0. The zero-order valence-corrected chi connectivity index (χ0v) is 16.2. The lowest BCUT2D eigenvalue weighted by Gasteiger charge is -2.28. The molecule has 1 aromatic heterocycles. The molecule has 1 saturated heterocycles. The number of amides is 1. The standard InChI is InChI=1S/C17H27FN4O3S/c1-12(2)16-6-4-5-14(20-16)9-22(26(3,24)25)10-15-7-13(18)8-21(15)11-17(19)23/h4-6,12-13,15H,7-11H2,1-3H3,(H2,19,23)/t13-,15-/m0/s1. The van der Waals surface area contributed by atoms with Gasteiger partial charge in [0, 0.05) is 24.8 Å². The molecule has 2 heterocycles. The maximum Gasteiger partial charge on any atom is 0.231 e. The predicted molar refractivity (Wildman–Crippen MR) is 97.6 cm³/mol. The van der Waals surface area contributed by atoms with Gasteiger partial charge in [0.15, 0.2) is 0 Å². The Morgan fingerprint density at radius 1 is 1.46 bits per heavy atom. The Kier molecular flexibility index (Phi) is 6.70. The van der Waals surface area contributed by atoms with Crippen LogP contribution in [0.4, 0.5) is 4.39 Å². The maximum atomic E-state index is 13.8. The molecule has 0 radical (unpaired) electrons. The van der Waals surface area contributed by atoms with E-state index in [4.69, 9.17) is 5.73 Å². The fourth-order valence-electron chi connectivity index (χ4n) is 3.15. The minimum Gasteiger partial charge on any atom is -0.369 e. The molecule has 2 atom stereocenters. The molecule has 26 heavy (non-hydrogen) atoms. The van der Waals surface area contributed by atoms with Gasteiger partial charge < -0.3 is 5.73 Å². The van der Waals surface area contributed by atoms with Gasteiger partial charge in [-0.1, -0.05) is 19.9 Å². The second kappa shape index (κ2) is 8.41. The third kappa shape index (κ3) is 5.72. The molecule has 1 amide bonds. The Balaban J connectivity index is 2.18. The minimum absolute atomic E-state index is 0.0796. The largest absolute Gasteiger partial charge is 0.369 e. The molecule has 0 spiro atoms. The van der Waals surface area contributed by atoms with Crippen molar-refractivity contribution in [2.75, 3.05) is 25.9 Å². The Morgan fingerprint density at radius 3 is 2.73 bits per heavy atom. The molecule has 1 fully saturated rings. The van der Waals surface area contributed by atoms with Gasteiger partial charge in [0.2, 0.25) is 15.9 Å². The molecule has 1 aliphatic rings. The van der Waals surface area contributed by atoms with E-state index in [2.05, 4.69) is 4.98 Å². The monoisotopic (exact) mass is 386 g/mol. The van der Waals surface area contributed by atoms with Crippen LogP contribution in [0.1, 0.15) is 37.6 Å². The molecule has 146 valence electrons. The molecule has 1 aliphatic heterocycles. The third-order valence-electron chi connectivity index (χ3n) is 4.48. The number of hydrogen-bond acceptors (Lipinski definition) is 5. The van der Waals surface area contributed by atoms with Crippen LogP contribution >= 0.6 is 0 Å². The number of carbonyl (C=O) groups is 1. The van der Waals surface area contributed by atoms with Crippen molar-refractivity contribution < 1.29 is 17.6 Å². The number of hydrogen-bond donors (Lipinski definition) is 1. The Hall–Kier alpha value is -1.58. The van der Waals surface area contributed by atoms with E-state index >= 15 is 0 Å². The summed E-state index contributed by atoms with van der Waals surface area (Å²) in [6.07, 6.45) is 0.210. The SMILES string of the molecule is CC(C)c1cccc(CN(C[C@@H]2C[C@H](F)CN2CC(N)=O)S(C)(=O)=O)n1. The highest BCUT2D eigenvalue weighted by Gasteiger charge is 2.35. The number of halogens is 1. The van der Waals surface area contributed by atoms with Gasteiger partial charge in [-0.15, -0.1) is 0 Å². The van der Waals surface area contributed by atoms with E-state index in [1.165, 1.54) is 4.31 Å². The van der Waals surface area contributed by atoms with Crippen molar-refractivity contribution in [3.05, 3.63) is 29.6 Å². The summed E-state index contributed by atoms with van der Waals surface area (Å²) in [5.41, 5.74) is 6.74. The summed E-state index contributed by atoms with van der Waals surface area (Å²) in [6, 6.07) is 5.14. The van der Waals surface area contributed by atoms with Crippen molar-refractivity contribution in [2.45, 2.75) is 44.9 Å². The van der Waals surface area contributed by atoms with E-state index in [0.717, 1.165) is 11.9 Å². The first kappa shape index (κ1) is 20.7.